The van der Waals surface area contributed by atoms with Crippen LogP contribution in [0.5, 0.6) is 0 Å². The molecule has 6 rings (SSSR count). The Balaban J connectivity index is 1.77. The molecule has 0 radical (unpaired) electrons. The summed E-state index contributed by atoms with van der Waals surface area (Å²) < 4.78 is 2.17. The first-order valence-electron chi connectivity index (χ1n) is 10.7. The molecular formula is C29H19N3. The number of nitrogens with zero attached hydrogens (tertiary/aromatic N) is 3. The van der Waals surface area contributed by atoms with Crippen LogP contribution >= 0.6 is 0 Å². The summed E-state index contributed by atoms with van der Waals surface area (Å²) in [6.45, 7) is 4.55. The fourth-order valence-electron chi connectivity index (χ4n) is 5.31. The predicted molar refractivity (Wildman–Crippen MR) is 128 cm³/mol. The van der Waals surface area contributed by atoms with Crippen LogP contribution in [0.2, 0.25) is 0 Å². The van der Waals surface area contributed by atoms with E-state index in [4.69, 9.17) is 0 Å². The van der Waals surface area contributed by atoms with E-state index in [-0.39, 0.29) is 5.41 Å². The monoisotopic (exact) mass is 409 g/mol. The topological polar surface area (TPSA) is 52.5 Å². The van der Waals surface area contributed by atoms with Crippen molar-refractivity contribution in [2.45, 2.75) is 19.3 Å². The van der Waals surface area contributed by atoms with E-state index in [0.717, 1.165) is 22.1 Å². The number of hydrogen-bond acceptors (Lipinski definition) is 2. The Morgan fingerprint density at radius 2 is 1.47 bits per heavy atom. The molecule has 3 heteroatoms. The lowest BCUT2D eigenvalue weighted by Gasteiger charge is -2.21. The number of hydrogen-bond donors (Lipinski definition) is 0. The molecule has 0 fully saturated rings. The lowest BCUT2D eigenvalue weighted by Crippen LogP contribution is -2.15. The molecule has 0 spiro atoms. The van der Waals surface area contributed by atoms with E-state index < -0.39 is 0 Å². The van der Waals surface area contributed by atoms with Crippen LogP contribution in [0.1, 0.15) is 36.1 Å². The van der Waals surface area contributed by atoms with Crippen molar-refractivity contribution in [1.82, 2.24) is 4.57 Å². The lowest BCUT2D eigenvalue weighted by molar-refractivity contribution is 0.661. The van der Waals surface area contributed by atoms with Gasteiger partial charge in [-0.1, -0.05) is 56.3 Å². The third-order valence-electron chi connectivity index (χ3n) is 6.86. The molecule has 0 atom stereocenters. The fraction of sp³-hybridized carbons (Fsp3) is 0.103. The summed E-state index contributed by atoms with van der Waals surface area (Å²) in [4.78, 5) is 0. The number of aromatic nitrogens is 1. The van der Waals surface area contributed by atoms with Crippen molar-refractivity contribution in [3.8, 4) is 29.0 Å². The van der Waals surface area contributed by atoms with E-state index in [2.05, 4.69) is 85.2 Å². The molecule has 0 aliphatic heterocycles. The molecule has 1 aromatic heterocycles. The summed E-state index contributed by atoms with van der Waals surface area (Å²) in [6, 6.07) is 31.4. The van der Waals surface area contributed by atoms with Gasteiger partial charge in [-0.15, -0.1) is 0 Å². The van der Waals surface area contributed by atoms with Crippen molar-refractivity contribution in [2.75, 3.05) is 0 Å². The minimum atomic E-state index is -0.107. The van der Waals surface area contributed by atoms with Crippen LogP contribution < -0.4 is 0 Å². The Morgan fingerprint density at radius 1 is 0.688 bits per heavy atom. The minimum Gasteiger partial charge on any atom is -0.308 e. The summed E-state index contributed by atoms with van der Waals surface area (Å²) in [5.74, 6) is 0. The Morgan fingerprint density at radius 3 is 2.28 bits per heavy atom. The second kappa shape index (κ2) is 6.33. The van der Waals surface area contributed by atoms with Gasteiger partial charge < -0.3 is 4.57 Å². The molecule has 5 aromatic rings. The van der Waals surface area contributed by atoms with Gasteiger partial charge in [0.15, 0.2) is 0 Å². The highest BCUT2D eigenvalue weighted by Crippen LogP contribution is 2.50. The van der Waals surface area contributed by atoms with E-state index in [1.807, 2.05) is 12.1 Å². The molecule has 0 saturated heterocycles. The zero-order valence-electron chi connectivity index (χ0n) is 17.8. The lowest BCUT2D eigenvalue weighted by atomic mass is 9.82. The van der Waals surface area contributed by atoms with Crippen LogP contribution in [0.3, 0.4) is 0 Å². The van der Waals surface area contributed by atoms with Gasteiger partial charge in [-0.25, -0.2) is 0 Å². The Kier molecular flexibility index (Phi) is 3.65. The Bertz CT molecular complexity index is 1670. The van der Waals surface area contributed by atoms with Crippen molar-refractivity contribution in [2.24, 2.45) is 0 Å². The Hall–Kier alpha value is -4.34. The van der Waals surface area contributed by atoms with Gasteiger partial charge in [-0.3, -0.25) is 0 Å². The molecule has 0 bridgehead atoms. The molecular weight excluding hydrogens is 390 g/mol. The van der Waals surface area contributed by atoms with Crippen LogP contribution in [-0.2, 0) is 5.41 Å². The second-order valence-corrected chi connectivity index (χ2v) is 8.89. The quantitative estimate of drug-likeness (QED) is 0.304. The maximum atomic E-state index is 9.86. The van der Waals surface area contributed by atoms with Crippen LogP contribution in [0, 0.1) is 22.7 Å². The standard InChI is InChI=1S/C29H19N3/c1-29(2)24-9-5-3-7-20(24)22-14-23-21-8-4-6-10-27(21)32(28(23)15-25(22)29)26-12-11-18(16-30)13-19(26)17-31/h3-15H,1-2H3. The molecule has 1 heterocycles. The van der Waals surface area contributed by atoms with Crippen molar-refractivity contribution >= 4 is 21.8 Å². The van der Waals surface area contributed by atoms with E-state index in [0.29, 0.717) is 11.1 Å². The van der Waals surface area contributed by atoms with E-state index in [1.54, 1.807) is 12.1 Å². The maximum Gasteiger partial charge on any atom is 0.101 e. The number of rotatable bonds is 1. The van der Waals surface area contributed by atoms with Crippen LogP contribution in [0.25, 0.3) is 38.6 Å². The predicted octanol–water partition coefficient (Wildman–Crippen LogP) is 6.83. The summed E-state index contributed by atoms with van der Waals surface area (Å²) in [7, 11) is 0. The molecule has 1 aliphatic rings. The number of nitriles is 2. The van der Waals surface area contributed by atoms with E-state index >= 15 is 0 Å². The van der Waals surface area contributed by atoms with Crippen molar-refractivity contribution < 1.29 is 0 Å². The summed E-state index contributed by atoms with van der Waals surface area (Å²) in [5.41, 5.74) is 9.01. The van der Waals surface area contributed by atoms with Gasteiger partial charge in [-0.2, -0.15) is 10.5 Å². The molecule has 1 aliphatic carbocycles. The highest BCUT2D eigenvalue weighted by atomic mass is 15.0. The van der Waals surface area contributed by atoms with E-state index in [1.165, 1.54) is 27.6 Å². The zero-order valence-corrected chi connectivity index (χ0v) is 17.8. The number of benzene rings is 4. The first-order valence-corrected chi connectivity index (χ1v) is 10.7. The van der Waals surface area contributed by atoms with Gasteiger partial charge in [0.2, 0.25) is 0 Å². The van der Waals surface area contributed by atoms with Gasteiger partial charge >= 0.3 is 0 Å². The van der Waals surface area contributed by atoms with Gasteiger partial charge in [-0.05, 0) is 58.7 Å². The average Bonchev–Trinajstić information content (AvgIpc) is 3.27. The maximum absolute atomic E-state index is 9.86. The van der Waals surface area contributed by atoms with Gasteiger partial charge in [0.25, 0.3) is 0 Å². The molecule has 150 valence electrons. The van der Waals surface area contributed by atoms with Crippen LogP contribution in [0.4, 0.5) is 0 Å². The smallest absolute Gasteiger partial charge is 0.101 e. The second-order valence-electron chi connectivity index (χ2n) is 8.89. The summed E-state index contributed by atoms with van der Waals surface area (Å²) in [5, 5.41) is 21.5. The fourth-order valence-corrected chi connectivity index (χ4v) is 5.31. The SMILES string of the molecule is CC1(C)c2ccccc2-c2cc3c4ccccc4n(-c4ccc(C#N)cc4C#N)c3cc21. The number of fused-ring (bicyclic) bond motifs is 6. The van der Waals surface area contributed by atoms with Gasteiger partial charge in [0.1, 0.15) is 6.07 Å². The highest BCUT2D eigenvalue weighted by molar-refractivity contribution is 6.11. The molecule has 0 N–H and O–H groups in total. The normalized spacial score (nSPS) is 13.5. The van der Waals surface area contributed by atoms with Crippen molar-refractivity contribution in [3.63, 3.8) is 0 Å². The molecule has 4 aromatic carbocycles. The minimum absolute atomic E-state index is 0.107. The molecule has 3 nitrogen and oxygen atoms in total. The van der Waals surface area contributed by atoms with E-state index in [9.17, 15) is 10.5 Å². The number of para-hydroxylation sites is 1. The third kappa shape index (κ3) is 2.28. The molecule has 32 heavy (non-hydrogen) atoms. The molecule has 0 unspecified atom stereocenters. The average molecular weight is 409 g/mol. The van der Waals surface area contributed by atoms with Crippen molar-refractivity contribution in [1.29, 1.82) is 10.5 Å². The van der Waals surface area contributed by atoms with Gasteiger partial charge in [0, 0.05) is 16.2 Å². The Labute approximate surface area is 186 Å². The summed E-state index contributed by atoms with van der Waals surface area (Å²) in [6.07, 6.45) is 0. The zero-order chi connectivity index (χ0) is 22.0. The highest BCUT2D eigenvalue weighted by Gasteiger charge is 2.36. The van der Waals surface area contributed by atoms with Crippen molar-refractivity contribution in [3.05, 3.63) is 101 Å². The van der Waals surface area contributed by atoms with Crippen LogP contribution in [-0.4, -0.2) is 4.57 Å². The first kappa shape index (κ1) is 18.4. The third-order valence-corrected chi connectivity index (χ3v) is 6.86. The molecule has 0 saturated carbocycles. The largest absolute Gasteiger partial charge is 0.308 e. The molecule has 0 amide bonds. The van der Waals surface area contributed by atoms with Crippen LogP contribution in [0.15, 0.2) is 78.9 Å². The first-order chi connectivity index (χ1) is 15.5. The summed E-state index contributed by atoms with van der Waals surface area (Å²) >= 11 is 0. The van der Waals surface area contributed by atoms with Gasteiger partial charge in [0.05, 0.1) is 33.9 Å².